The smallest absolute Gasteiger partial charge is 0.140 e. The van der Waals surface area contributed by atoms with Crippen LogP contribution >= 0.6 is 0 Å². The van der Waals surface area contributed by atoms with Crippen LogP contribution in [-0.4, -0.2) is 5.78 Å². The normalized spacial score (nSPS) is 25.6. The van der Waals surface area contributed by atoms with Crippen LogP contribution in [0.3, 0.4) is 0 Å². The van der Waals surface area contributed by atoms with Gasteiger partial charge in [-0.2, -0.15) is 0 Å². The Hall–Kier alpha value is -1.11. The minimum atomic E-state index is 0.183. The number of carbonyl (C=O) groups is 1. The topological polar surface area (TPSA) is 17.1 Å². The molecule has 2 fully saturated rings. The third-order valence-corrected chi connectivity index (χ3v) is 4.72. The molecule has 1 heteroatoms. The Bertz CT molecular complexity index is 414. The molecule has 18 heavy (non-hydrogen) atoms. The van der Waals surface area contributed by atoms with Gasteiger partial charge in [0.25, 0.3) is 0 Å². The van der Waals surface area contributed by atoms with Gasteiger partial charge in [-0.1, -0.05) is 43.5 Å². The fraction of sp³-hybridized carbons (Fsp3) is 0.588. The van der Waals surface area contributed by atoms with Gasteiger partial charge in [-0.05, 0) is 42.7 Å². The summed E-state index contributed by atoms with van der Waals surface area (Å²) in [5, 5.41) is 0. The minimum absolute atomic E-state index is 0.183. The number of ketones is 1. The molecule has 0 aromatic heterocycles. The molecule has 0 spiro atoms. The van der Waals surface area contributed by atoms with E-state index in [1.165, 1.54) is 43.2 Å². The van der Waals surface area contributed by atoms with Crippen LogP contribution in [0.5, 0.6) is 0 Å². The average molecular weight is 242 g/mol. The van der Waals surface area contributed by atoms with E-state index in [0.29, 0.717) is 5.78 Å². The van der Waals surface area contributed by atoms with Crippen LogP contribution in [-0.2, 0) is 4.79 Å². The maximum Gasteiger partial charge on any atom is 0.140 e. The Kier molecular flexibility index (Phi) is 3.49. The number of Topliss-reactive ketones (excluding diaryl/α,β-unsaturated/α-hetero) is 1. The van der Waals surface area contributed by atoms with Gasteiger partial charge in [0.05, 0.1) is 0 Å². The van der Waals surface area contributed by atoms with E-state index in [1.807, 2.05) is 0 Å². The van der Waals surface area contributed by atoms with Crippen LogP contribution in [0.1, 0.15) is 74.3 Å². The summed E-state index contributed by atoms with van der Waals surface area (Å²) in [5.74, 6) is 1.44. The molecule has 1 aromatic rings. The highest BCUT2D eigenvalue weighted by Gasteiger charge is 2.23. The second-order valence-electron chi connectivity index (χ2n) is 5.91. The van der Waals surface area contributed by atoms with E-state index < -0.39 is 0 Å². The number of rotatable bonds is 2. The lowest BCUT2D eigenvalue weighted by Gasteiger charge is -2.26. The lowest BCUT2D eigenvalue weighted by Crippen LogP contribution is -2.12. The molecule has 0 radical (unpaired) electrons. The first-order chi connectivity index (χ1) is 8.84. The summed E-state index contributed by atoms with van der Waals surface area (Å²) in [6.07, 6.45) is 9.45. The molecule has 2 aliphatic carbocycles. The van der Waals surface area contributed by atoms with Crippen LogP contribution < -0.4 is 0 Å². The molecule has 1 atom stereocenters. The molecular formula is C17H22O. The molecule has 0 N–H and O–H groups in total. The van der Waals surface area contributed by atoms with Crippen molar-refractivity contribution in [1.82, 2.24) is 0 Å². The minimum Gasteiger partial charge on any atom is -0.299 e. The second-order valence-corrected chi connectivity index (χ2v) is 5.91. The Balaban J connectivity index is 1.76. The van der Waals surface area contributed by atoms with E-state index in [4.69, 9.17) is 0 Å². The zero-order chi connectivity index (χ0) is 12.4. The van der Waals surface area contributed by atoms with Gasteiger partial charge in [-0.15, -0.1) is 0 Å². The van der Waals surface area contributed by atoms with E-state index >= 15 is 0 Å². The SMILES string of the molecule is O=C1CCCCCC1c1ccc(C2CCC2)cc1. The fourth-order valence-corrected chi connectivity index (χ4v) is 3.25. The summed E-state index contributed by atoms with van der Waals surface area (Å²) < 4.78 is 0. The first-order valence-corrected chi connectivity index (χ1v) is 7.47. The summed E-state index contributed by atoms with van der Waals surface area (Å²) in [6.45, 7) is 0. The molecule has 1 aromatic carbocycles. The highest BCUT2D eigenvalue weighted by molar-refractivity contribution is 5.85. The highest BCUT2D eigenvalue weighted by atomic mass is 16.1. The van der Waals surface area contributed by atoms with Crippen LogP contribution in [0.15, 0.2) is 24.3 Å². The lowest BCUT2D eigenvalue weighted by molar-refractivity contribution is -0.120. The highest BCUT2D eigenvalue weighted by Crippen LogP contribution is 2.37. The van der Waals surface area contributed by atoms with Crippen LogP contribution in [0.4, 0.5) is 0 Å². The molecule has 0 amide bonds. The summed E-state index contributed by atoms with van der Waals surface area (Å²) in [4.78, 5) is 12.1. The number of hydrogen-bond acceptors (Lipinski definition) is 1. The van der Waals surface area contributed by atoms with Gasteiger partial charge in [-0.3, -0.25) is 4.79 Å². The second kappa shape index (κ2) is 5.26. The van der Waals surface area contributed by atoms with Gasteiger partial charge >= 0.3 is 0 Å². The lowest BCUT2D eigenvalue weighted by atomic mass is 9.79. The van der Waals surface area contributed by atoms with Gasteiger partial charge in [0.15, 0.2) is 0 Å². The third-order valence-electron chi connectivity index (χ3n) is 4.72. The van der Waals surface area contributed by atoms with Crippen molar-refractivity contribution in [3.05, 3.63) is 35.4 Å². The average Bonchev–Trinajstić information content (AvgIpc) is 2.53. The van der Waals surface area contributed by atoms with Crippen LogP contribution in [0.2, 0.25) is 0 Å². The molecule has 0 bridgehead atoms. The largest absolute Gasteiger partial charge is 0.299 e. The van der Waals surface area contributed by atoms with Gasteiger partial charge in [-0.25, -0.2) is 0 Å². The summed E-state index contributed by atoms with van der Waals surface area (Å²) >= 11 is 0. The van der Waals surface area contributed by atoms with E-state index in [-0.39, 0.29) is 5.92 Å². The van der Waals surface area contributed by atoms with Crippen molar-refractivity contribution in [1.29, 1.82) is 0 Å². The van der Waals surface area contributed by atoms with E-state index in [9.17, 15) is 4.79 Å². The van der Waals surface area contributed by atoms with E-state index in [0.717, 1.165) is 25.2 Å². The van der Waals surface area contributed by atoms with Gasteiger partial charge < -0.3 is 0 Å². The molecule has 1 unspecified atom stereocenters. The first kappa shape index (κ1) is 12.0. The van der Waals surface area contributed by atoms with E-state index in [1.54, 1.807) is 0 Å². The standard InChI is InChI=1S/C17H22O/c18-17-8-3-1-2-7-16(17)15-11-9-14(10-12-15)13-5-4-6-13/h9-13,16H,1-8H2. The quantitative estimate of drug-likeness (QED) is 0.694. The van der Waals surface area contributed by atoms with Gasteiger partial charge in [0, 0.05) is 12.3 Å². The summed E-state index contributed by atoms with van der Waals surface area (Å²) in [6, 6.07) is 8.94. The molecule has 0 aliphatic heterocycles. The first-order valence-electron chi connectivity index (χ1n) is 7.47. The van der Waals surface area contributed by atoms with Gasteiger partial charge in [0.1, 0.15) is 5.78 Å². The van der Waals surface area contributed by atoms with Crippen molar-refractivity contribution in [2.24, 2.45) is 0 Å². The Morgan fingerprint density at radius 1 is 0.778 bits per heavy atom. The Labute approximate surface area is 110 Å². The van der Waals surface area contributed by atoms with Crippen molar-refractivity contribution in [2.75, 3.05) is 0 Å². The Morgan fingerprint density at radius 2 is 1.50 bits per heavy atom. The Morgan fingerprint density at radius 3 is 2.17 bits per heavy atom. The van der Waals surface area contributed by atoms with Crippen LogP contribution in [0, 0.1) is 0 Å². The molecule has 96 valence electrons. The molecule has 0 heterocycles. The maximum atomic E-state index is 12.1. The summed E-state index contributed by atoms with van der Waals surface area (Å²) in [7, 11) is 0. The molecule has 2 aliphatic rings. The zero-order valence-electron chi connectivity index (χ0n) is 11.0. The number of benzene rings is 1. The van der Waals surface area contributed by atoms with Gasteiger partial charge in [0.2, 0.25) is 0 Å². The molecule has 1 nitrogen and oxygen atoms in total. The number of carbonyl (C=O) groups excluding carboxylic acids is 1. The van der Waals surface area contributed by atoms with Crippen LogP contribution in [0.25, 0.3) is 0 Å². The van der Waals surface area contributed by atoms with Crippen molar-refractivity contribution in [3.8, 4) is 0 Å². The third kappa shape index (κ3) is 2.36. The molecular weight excluding hydrogens is 220 g/mol. The molecule has 3 rings (SSSR count). The predicted octanol–water partition coefficient (Wildman–Crippen LogP) is 4.57. The zero-order valence-corrected chi connectivity index (χ0v) is 11.0. The fourth-order valence-electron chi connectivity index (χ4n) is 3.25. The van der Waals surface area contributed by atoms with E-state index in [2.05, 4.69) is 24.3 Å². The van der Waals surface area contributed by atoms with Crippen molar-refractivity contribution >= 4 is 5.78 Å². The van der Waals surface area contributed by atoms with Crippen molar-refractivity contribution in [2.45, 2.75) is 63.2 Å². The summed E-state index contributed by atoms with van der Waals surface area (Å²) in [5.41, 5.74) is 2.73. The predicted molar refractivity (Wildman–Crippen MR) is 73.9 cm³/mol. The van der Waals surface area contributed by atoms with Crippen molar-refractivity contribution in [3.63, 3.8) is 0 Å². The van der Waals surface area contributed by atoms with Crippen molar-refractivity contribution < 1.29 is 4.79 Å². The maximum absolute atomic E-state index is 12.1. The molecule has 0 saturated heterocycles. The monoisotopic (exact) mass is 242 g/mol. The number of hydrogen-bond donors (Lipinski definition) is 0. The molecule has 2 saturated carbocycles.